The molecule has 1 heterocycles. The zero-order chi connectivity index (χ0) is 21.7. The summed E-state index contributed by atoms with van der Waals surface area (Å²) < 4.78 is 0. The molecule has 2 aromatic rings. The van der Waals surface area contributed by atoms with Gasteiger partial charge in [-0.2, -0.15) is 0 Å². The second kappa shape index (κ2) is 9.71. The van der Waals surface area contributed by atoms with Crippen LogP contribution in [0.5, 0.6) is 0 Å². The van der Waals surface area contributed by atoms with Crippen LogP contribution >= 0.6 is 0 Å². The third-order valence-electron chi connectivity index (χ3n) is 5.86. The summed E-state index contributed by atoms with van der Waals surface area (Å²) in [5, 5.41) is 7.95. The van der Waals surface area contributed by atoms with Crippen molar-refractivity contribution in [3.63, 3.8) is 0 Å². The van der Waals surface area contributed by atoms with E-state index in [0.717, 1.165) is 23.6 Å². The first-order valence-electron chi connectivity index (χ1n) is 10.5. The summed E-state index contributed by atoms with van der Waals surface area (Å²) >= 11 is 0. The van der Waals surface area contributed by atoms with Gasteiger partial charge in [0.25, 0.3) is 0 Å². The fourth-order valence-corrected chi connectivity index (χ4v) is 3.89. The zero-order valence-corrected chi connectivity index (χ0v) is 17.6. The molecule has 1 saturated heterocycles. The summed E-state index contributed by atoms with van der Waals surface area (Å²) in [5.74, 6) is -0.862. The highest BCUT2D eigenvalue weighted by molar-refractivity contribution is 6.00. The normalized spacial score (nSPS) is 18.1. The maximum absolute atomic E-state index is 13.0. The highest BCUT2D eigenvalue weighted by atomic mass is 16.2. The lowest BCUT2D eigenvalue weighted by Crippen LogP contribution is -2.54. The number of nitrogens with one attached hydrogen (secondary N) is 2. The first-order valence-corrected chi connectivity index (χ1v) is 10.5. The lowest BCUT2D eigenvalue weighted by molar-refractivity contribution is -0.138. The summed E-state index contributed by atoms with van der Waals surface area (Å²) in [6.07, 6.45) is 2.06. The van der Waals surface area contributed by atoms with Gasteiger partial charge in [-0.05, 0) is 41.7 Å². The highest BCUT2D eigenvalue weighted by Crippen LogP contribution is 2.21. The molecule has 7 nitrogen and oxygen atoms in total. The van der Waals surface area contributed by atoms with Gasteiger partial charge in [-0.1, -0.05) is 50.6 Å². The van der Waals surface area contributed by atoms with Crippen molar-refractivity contribution in [1.29, 1.82) is 0 Å². The monoisotopic (exact) mass is 410 g/mol. The van der Waals surface area contributed by atoms with Gasteiger partial charge in [0.05, 0.1) is 6.54 Å². The van der Waals surface area contributed by atoms with E-state index in [2.05, 4.69) is 10.6 Å². The number of hydrogen-bond donors (Lipinski definition) is 3. The number of nitrogens with two attached hydrogens (primary N) is 1. The Morgan fingerprint density at radius 2 is 1.90 bits per heavy atom. The minimum Gasteiger partial charge on any atom is -0.342 e. The van der Waals surface area contributed by atoms with Crippen molar-refractivity contribution in [3.05, 3.63) is 42.5 Å². The molecule has 2 aromatic carbocycles. The molecular weight excluding hydrogens is 380 g/mol. The first kappa shape index (κ1) is 21.8. The Labute approximate surface area is 177 Å². The summed E-state index contributed by atoms with van der Waals surface area (Å²) in [4.78, 5) is 39.5. The molecule has 160 valence electrons. The molecule has 4 N–H and O–H groups in total. The Morgan fingerprint density at radius 1 is 1.17 bits per heavy atom. The molecule has 7 heteroatoms. The molecule has 0 bridgehead atoms. The van der Waals surface area contributed by atoms with Crippen LogP contribution < -0.4 is 16.4 Å². The number of amides is 3. The number of carbonyl (C=O) groups is 3. The maximum Gasteiger partial charge on any atom is 0.247 e. The van der Waals surface area contributed by atoms with Gasteiger partial charge >= 0.3 is 0 Å². The molecule has 0 spiro atoms. The van der Waals surface area contributed by atoms with E-state index in [4.69, 9.17) is 5.73 Å². The fourth-order valence-electron chi connectivity index (χ4n) is 3.89. The fraction of sp³-hybridized carbons (Fsp3) is 0.435. The van der Waals surface area contributed by atoms with Gasteiger partial charge in [-0.25, -0.2) is 0 Å². The first-order chi connectivity index (χ1) is 14.4. The number of fused-ring (bicyclic) bond motifs is 1. The van der Waals surface area contributed by atoms with Crippen molar-refractivity contribution in [3.8, 4) is 0 Å². The van der Waals surface area contributed by atoms with E-state index in [9.17, 15) is 14.4 Å². The molecule has 3 amide bonds. The summed E-state index contributed by atoms with van der Waals surface area (Å²) in [6.45, 7) is 4.31. The lowest BCUT2D eigenvalue weighted by Gasteiger charge is -2.28. The molecule has 3 atom stereocenters. The van der Waals surface area contributed by atoms with Gasteiger partial charge in [-0.15, -0.1) is 0 Å². The predicted molar refractivity (Wildman–Crippen MR) is 118 cm³/mol. The number of nitrogens with zero attached hydrogens (tertiary/aromatic N) is 1. The molecule has 30 heavy (non-hydrogen) atoms. The molecule has 0 saturated carbocycles. The van der Waals surface area contributed by atoms with Gasteiger partial charge in [0, 0.05) is 12.2 Å². The average Bonchev–Trinajstić information content (AvgIpc) is 3.26. The largest absolute Gasteiger partial charge is 0.342 e. The summed E-state index contributed by atoms with van der Waals surface area (Å²) in [5.41, 5.74) is 6.15. The number of anilines is 1. The number of carbonyl (C=O) groups excluding carboxylic acids is 3. The van der Waals surface area contributed by atoms with E-state index in [1.54, 1.807) is 0 Å². The maximum atomic E-state index is 13.0. The van der Waals surface area contributed by atoms with Crippen molar-refractivity contribution in [1.82, 2.24) is 10.2 Å². The molecule has 0 aliphatic carbocycles. The Hall–Kier alpha value is -2.93. The van der Waals surface area contributed by atoms with Crippen LogP contribution in [0.2, 0.25) is 0 Å². The number of hydrogen-bond acceptors (Lipinski definition) is 4. The van der Waals surface area contributed by atoms with Crippen molar-refractivity contribution in [2.45, 2.75) is 45.2 Å². The third kappa shape index (κ3) is 4.79. The molecule has 1 unspecified atom stereocenters. The van der Waals surface area contributed by atoms with E-state index < -0.39 is 12.1 Å². The van der Waals surface area contributed by atoms with Crippen LogP contribution in [0.15, 0.2) is 42.5 Å². The van der Waals surface area contributed by atoms with Crippen LogP contribution in [-0.2, 0) is 14.4 Å². The molecule has 1 aliphatic rings. The van der Waals surface area contributed by atoms with Crippen LogP contribution in [0.25, 0.3) is 10.8 Å². The Morgan fingerprint density at radius 3 is 2.60 bits per heavy atom. The smallest absolute Gasteiger partial charge is 0.247 e. The van der Waals surface area contributed by atoms with Gasteiger partial charge in [0.15, 0.2) is 0 Å². The van der Waals surface area contributed by atoms with Crippen molar-refractivity contribution >= 4 is 34.2 Å². The van der Waals surface area contributed by atoms with E-state index in [1.165, 1.54) is 4.90 Å². The highest BCUT2D eigenvalue weighted by Gasteiger charge is 2.36. The SMILES string of the molecule is CCC(C)[C@H](NC(=O)[C@@H]1CCCN1C(=O)CN)C(=O)Nc1ccc2ccccc2c1. The standard InChI is InChI=1S/C23H30N4O3/c1-3-15(2)21(26-22(29)19-9-6-12-27(19)20(28)14-24)23(30)25-18-11-10-16-7-4-5-8-17(16)13-18/h4-5,7-8,10-11,13,15,19,21H,3,6,9,12,14,24H2,1-2H3,(H,25,30)(H,26,29)/t15?,19-,21-/m0/s1. The summed E-state index contributed by atoms with van der Waals surface area (Å²) in [6, 6.07) is 12.4. The zero-order valence-electron chi connectivity index (χ0n) is 17.6. The molecule has 0 aromatic heterocycles. The second-order valence-corrected chi connectivity index (χ2v) is 7.87. The van der Waals surface area contributed by atoms with E-state index in [-0.39, 0.29) is 30.2 Å². The summed E-state index contributed by atoms with van der Waals surface area (Å²) in [7, 11) is 0. The Balaban J connectivity index is 1.73. The van der Waals surface area contributed by atoms with Crippen molar-refractivity contribution in [2.24, 2.45) is 11.7 Å². The Bertz CT molecular complexity index is 930. The average molecular weight is 411 g/mol. The second-order valence-electron chi connectivity index (χ2n) is 7.87. The number of rotatable bonds is 7. The van der Waals surface area contributed by atoms with Crippen molar-refractivity contribution < 1.29 is 14.4 Å². The van der Waals surface area contributed by atoms with Crippen LogP contribution in [0.4, 0.5) is 5.69 Å². The van der Waals surface area contributed by atoms with Crippen LogP contribution in [-0.4, -0.2) is 47.8 Å². The van der Waals surface area contributed by atoms with Gasteiger partial charge < -0.3 is 21.3 Å². The third-order valence-corrected chi connectivity index (χ3v) is 5.86. The van der Waals surface area contributed by atoms with E-state index in [0.29, 0.717) is 18.7 Å². The number of likely N-dealkylation sites (tertiary alicyclic amines) is 1. The molecular formula is C23H30N4O3. The Kier molecular flexibility index (Phi) is 7.05. The molecule has 0 radical (unpaired) electrons. The van der Waals surface area contributed by atoms with Crippen LogP contribution in [0.3, 0.4) is 0 Å². The molecule has 3 rings (SSSR count). The van der Waals surface area contributed by atoms with Crippen molar-refractivity contribution in [2.75, 3.05) is 18.4 Å². The minimum atomic E-state index is -0.690. The van der Waals surface area contributed by atoms with E-state index >= 15 is 0 Å². The predicted octanol–water partition coefficient (Wildman–Crippen LogP) is 2.26. The van der Waals surface area contributed by atoms with Crippen LogP contribution in [0, 0.1) is 5.92 Å². The van der Waals surface area contributed by atoms with Gasteiger partial charge in [0.2, 0.25) is 17.7 Å². The lowest BCUT2D eigenvalue weighted by atomic mass is 9.97. The van der Waals surface area contributed by atoms with E-state index in [1.807, 2.05) is 56.3 Å². The van der Waals surface area contributed by atoms with Crippen LogP contribution in [0.1, 0.15) is 33.1 Å². The molecule has 1 aliphatic heterocycles. The number of benzene rings is 2. The van der Waals surface area contributed by atoms with Gasteiger partial charge in [-0.3, -0.25) is 14.4 Å². The van der Waals surface area contributed by atoms with Gasteiger partial charge in [0.1, 0.15) is 12.1 Å². The topological polar surface area (TPSA) is 105 Å². The quantitative estimate of drug-likeness (QED) is 0.651. The molecule has 1 fully saturated rings. The minimum absolute atomic E-state index is 0.0607.